The van der Waals surface area contributed by atoms with Crippen molar-refractivity contribution < 1.29 is 27.2 Å². The molecule has 0 spiro atoms. The third kappa shape index (κ3) is 3.73. The van der Waals surface area contributed by atoms with Gasteiger partial charge in [0.2, 0.25) is 0 Å². The molecule has 1 aliphatic rings. The first-order chi connectivity index (χ1) is 13.8. The van der Waals surface area contributed by atoms with Gasteiger partial charge >= 0.3 is 6.18 Å². The van der Waals surface area contributed by atoms with E-state index < -0.39 is 17.6 Å². The second-order valence-electron chi connectivity index (χ2n) is 6.56. The molecule has 3 aromatic rings. The van der Waals surface area contributed by atoms with Crippen LogP contribution in [0.2, 0.25) is 0 Å². The molecule has 0 fully saturated rings. The summed E-state index contributed by atoms with van der Waals surface area (Å²) < 4.78 is 43.1. The van der Waals surface area contributed by atoms with Gasteiger partial charge in [0.25, 0.3) is 11.8 Å². The van der Waals surface area contributed by atoms with Gasteiger partial charge in [0.05, 0.1) is 11.8 Å². The highest BCUT2D eigenvalue weighted by atomic mass is 19.4. The smallest absolute Gasteiger partial charge is 0.416 e. The second kappa shape index (κ2) is 7.12. The van der Waals surface area contributed by atoms with Crippen molar-refractivity contribution in [2.24, 2.45) is 0 Å². The van der Waals surface area contributed by atoms with Gasteiger partial charge in [-0.3, -0.25) is 9.59 Å². The number of amides is 2. The molecular formula is C21H15F3N2O3. The van der Waals surface area contributed by atoms with E-state index in [1.54, 1.807) is 35.2 Å². The molecule has 0 aliphatic carbocycles. The Hall–Kier alpha value is -3.55. The summed E-state index contributed by atoms with van der Waals surface area (Å²) in [5, 5.41) is 2.68. The summed E-state index contributed by atoms with van der Waals surface area (Å²) in [5.41, 5.74) is 1.43. The molecular weight excluding hydrogens is 385 g/mol. The Morgan fingerprint density at radius 3 is 2.45 bits per heavy atom. The number of rotatable bonds is 3. The molecule has 2 heterocycles. The van der Waals surface area contributed by atoms with Gasteiger partial charge in [0, 0.05) is 23.5 Å². The van der Waals surface area contributed by atoms with Crippen molar-refractivity contribution >= 4 is 23.2 Å². The summed E-state index contributed by atoms with van der Waals surface area (Å²) in [5.74, 6) is -0.506. The number of hydrogen-bond acceptors (Lipinski definition) is 3. The number of furan rings is 1. The summed E-state index contributed by atoms with van der Waals surface area (Å²) in [4.78, 5) is 26.4. The van der Waals surface area contributed by atoms with E-state index in [2.05, 4.69) is 5.32 Å². The van der Waals surface area contributed by atoms with Crippen LogP contribution in [0.15, 0.2) is 65.3 Å². The highest BCUT2D eigenvalue weighted by molar-refractivity contribution is 6.07. The van der Waals surface area contributed by atoms with Gasteiger partial charge in [-0.15, -0.1) is 0 Å². The standard InChI is InChI=1S/C21H15F3N2O3/c22-21(23,24)15-5-3-13(4-6-15)19(27)25-16-7-8-17-14(12-16)9-10-26(17)20(28)18-2-1-11-29-18/h1-8,11-12H,9-10H2,(H,25,27). The quantitative estimate of drug-likeness (QED) is 0.690. The average Bonchev–Trinajstić information content (AvgIpc) is 3.36. The highest BCUT2D eigenvalue weighted by Crippen LogP contribution is 2.32. The number of nitrogens with zero attached hydrogens (tertiary/aromatic N) is 1. The van der Waals surface area contributed by atoms with Gasteiger partial charge in [-0.05, 0) is 66.6 Å². The van der Waals surface area contributed by atoms with Crippen LogP contribution in [0.25, 0.3) is 0 Å². The zero-order valence-electron chi connectivity index (χ0n) is 15.0. The lowest BCUT2D eigenvalue weighted by atomic mass is 10.1. The van der Waals surface area contributed by atoms with Crippen molar-refractivity contribution in [2.45, 2.75) is 12.6 Å². The number of halogens is 3. The van der Waals surface area contributed by atoms with Crippen LogP contribution < -0.4 is 10.2 Å². The minimum atomic E-state index is -4.45. The molecule has 0 radical (unpaired) electrons. The summed E-state index contributed by atoms with van der Waals surface area (Å²) in [6.45, 7) is 0.491. The van der Waals surface area contributed by atoms with Crippen molar-refractivity contribution in [3.63, 3.8) is 0 Å². The fourth-order valence-corrected chi connectivity index (χ4v) is 3.24. The Labute approximate surface area is 163 Å². The van der Waals surface area contributed by atoms with Gasteiger partial charge in [-0.25, -0.2) is 0 Å². The number of carbonyl (C=O) groups excluding carboxylic acids is 2. The Balaban J connectivity index is 1.48. The molecule has 0 unspecified atom stereocenters. The number of carbonyl (C=O) groups is 2. The number of anilines is 2. The van der Waals surface area contributed by atoms with E-state index in [-0.39, 0.29) is 17.2 Å². The van der Waals surface area contributed by atoms with E-state index >= 15 is 0 Å². The minimum Gasteiger partial charge on any atom is -0.459 e. The van der Waals surface area contributed by atoms with E-state index in [0.717, 1.165) is 35.5 Å². The van der Waals surface area contributed by atoms with E-state index in [1.807, 2.05) is 0 Å². The van der Waals surface area contributed by atoms with Gasteiger partial charge in [0.15, 0.2) is 5.76 Å². The summed E-state index contributed by atoms with van der Waals surface area (Å²) in [6, 6.07) is 12.4. The van der Waals surface area contributed by atoms with Crippen molar-refractivity contribution in [2.75, 3.05) is 16.8 Å². The maximum absolute atomic E-state index is 12.6. The Bertz CT molecular complexity index is 1060. The lowest BCUT2D eigenvalue weighted by Crippen LogP contribution is -2.28. The Kier molecular flexibility index (Phi) is 4.62. The number of nitrogens with one attached hydrogen (secondary N) is 1. The number of fused-ring (bicyclic) bond motifs is 1. The van der Waals surface area contributed by atoms with Crippen molar-refractivity contribution in [3.8, 4) is 0 Å². The molecule has 2 aromatic carbocycles. The first-order valence-corrected chi connectivity index (χ1v) is 8.80. The van der Waals surface area contributed by atoms with E-state index in [4.69, 9.17) is 4.42 Å². The SMILES string of the molecule is O=C(Nc1ccc2c(c1)CCN2C(=O)c1ccco1)c1ccc(C(F)(F)F)cc1. The summed E-state index contributed by atoms with van der Waals surface area (Å²) >= 11 is 0. The zero-order valence-corrected chi connectivity index (χ0v) is 15.0. The molecule has 29 heavy (non-hydrogen) atoms. The van der Waals surface area contributed by atoms with E-state index in [1.165, 1.54) is 6.26 Å². The Morgan fingerprint density at radius 2 is 1.79 bits per heavy atom. The molecule has 0 atom stereocenters. The normalized spacial score (nSPS) is 13.3. The molecule has 2 amide bonds. The minimum absolute atomic E-state index is 0.119. The number of alkyl halides is 3. The average molecular weight is 400 g/mol. The first kappa shape index (κ1) is 18.8. The lowest BCUT2D eigenvalue weighted by molar-refractivity contribution is -0.137. The van der Waals surface area contributed by atoms with Crippen molar-refractivity contribution in [1.29, 1.82) is 0 Å². The fraction of sp³-hybridized carbons (Fsp3) is 0.143. The van der Waals surface area contributed by atoms with Gasteiger partial charge in [-0.1, -0.05) is 0 Å². The fourth-order valence-electron chi connectivity index (χ4n) is 3.24. The van der Waals surface area contributed by atoms with Gasteiger partial charge < -0.3 is 14.6 Å². The van der Waals surface area contributed by atoms with Gasteiger partial charge in [-0.2, -0.15) is 13.2 Å². The third-order valence-electron chi connectivity index (χ3n) is 4.68. The maximum atomic E-state index is 12.6. The second-order valence-corrected chi connectivity index (χ2v) is 6.56. The molecule has 0 bridgehead atoms. The van der Waals surface area contributed by atoms with Crippen molar-refractivity contribution in [3.05, 3.63) is 83.3 Å². The number of hydrogen-bond donors (Lipinski definition) is 1. The molecule has 5 nitrogen and oxygen atoms in total. The molecule has 8 heteroatoms. The molecule has 148 valence electrons. The summed E-state index contributed by atoms with van der Waals surface area (Å²) in [6.07, 6.45) is -2.40. The predicted molar refractivity (Wildman–Crippen MR) is 99.9 cm³/mol. The molecule has 0 saturated heterocycles. The maximum Gasteiger partial charge on any atom is 0.416 e. The monoisotopic (exact) mass is 400 g/mol. The molecule has 4 rings (SSSR count). The first-order valence-electron chi connectivity index (χ1n) is 8.80. The Morgan fingerprint density at radius 1 is 1.03 bits per heavy atom. The van der Waals surface area contributed by atoms with Crippen LogP contribution in [0, 0.1) is 0 Å². The predicted octanol–water partition coefficient (Wildman–Crippen LogP) is 4.75. The van der Waals surface area contributed by atoms with Crippen LogP contribution in [0.1, 0.15) is 32.0 Å². The van der Waals surface area contributed by atoms with Crippen LogP contribution in [0.5, 0.6) is 0 Å². The van der Waals surface area contributed by atoms with Gasteiger partial charge in [0.1, 0.15) is 0 Å². The third-order valence-corrected chi connectivity index (χ3v) is 4.68. The number of benzene rings is 2. The van der Waals surface area contributed by atoms with Crippen LogP contribution in [-0.2, 0) is 12.6 Å². The van der Waals surface area contributed by atoms with Crippen LogP contribution in [-0.4, -0.2) is 18.4 Å². The summed E-state index contributed by atoms with van der Waals surface area (Å²) in [7, 11) is 0. The van der Waals surface area contributed by atoms with Crippen LogP contribution in [0.3, 0.4) is 0 Å². The molecule has 1 N–H and O–H groups in total. The van der Waals surface area contributed by atoms with E-state index in [9.17, 15) is 22.8 Å². The van der Waals surface area contributed by atoms with E-state index in [0.29, 0.717) is 18.7 Å². The van der Waals surface area contributed by atoms with Crippen LogP contribution >= 0.6 is 0 Å². The van der Waals surface area contributed by atoms with Crippen molar-refractivity contribution in [1.82, 2.24) is 0 Å². The lowest BCUT2D eigenvalue weighted by Gasteiger charge is -2.16. The topological polar surface area (TPSA) is 62.6 Å². The molecule has 1 aromatic heterocycles. The van der Waals surface area contributed by atoms with Crippen LogP contribution in [0.4, 0.5) is 24.5 Å². The molecule has 1 aliphatic heterocycles. The zero-order chi connectivity index (χ0) is 20.6. The largest absolute Gasteiger partial charge is 0.459 e. The highest BCUT2D eigenvalue weighted by Gasteiger charge is 2.30. The molecule has 0 saturated carbocycles.